The van der Waals surface area contributed by atoms with Gasteiger partial charge in [-0.05, 0) is 115 Å². The average molecular weight is 828 g/mol. The number of benzene rings is 5. The molecule has 5 aromatic carbocycles. The van der Waals surface area contributed by atoms with Crippen molar-refractivity contribution in [3.63, 3.8) is 0 Å². The number of sulfonamides is 1. The van der Waals surface area contributed by atoms with Crippen molar-refractivity contribution in [3.05, 3.63) is 195 Å². The highest BCUT2D eigenvalue weighted by molar-refractivity contribution is 7.92. The predicted molar refractivity (Wildman–Crippen MR) is 237 cm³/mol. The molecule has 0 N–H and O–H groups in total. The number of ketones is 2. The van der Waals surface area contributed by atoms with Crippen molar-refractivity contribution < 1.29 is 18.0 Å². The largest absolute Gasteiger partial charge is 0.298 e. The summed E-state index contributed by atoms with van der Waals surface area (Å²) in [6, 6.07) is 43.9. The molecule has 0 saturated heterocycles. The van der Waals surface area contributed by atoms with Crippen molar-refractivity contribution in [2.45, 2.75) is 51.1 Å². The molecular weight excluding hydrogens is 782 g/mol. The third-order valence-electron chi connectivity index (χ3n) is 9.56. The number of Topliss-reactive ketones (excluding diaryl/α,β-unsaturated/α-hetero) is 2. The first-order valence-electron chi connectivity index (χ1n) is 19.0. The number of carbonyl (C=O) groups is 2. The summed E-state index contributed by atoms with van der Waals surface area (Å²) in [6.07, 6.45) is 4.51. The smallest absolute Gasteiger partial charge is 0.264 e. The van der Waals surface area contributed by atoms with E-state index in [9.17, 15) is 18.0 Å². The van der Waals surface area contributed by atoms with E-state index in [2.05, 4.69) is 84.5 Å². The van der Waals surface area contributed by atoms with Crippen molar-refractivity contribution in [2.24, 2.45) is 0 Å². The molecule has 0 aliphatic heterocycles. The van der Waals surface area contributed by atoms with Gasteiger partial charge in [0.25, 0.3) is 10.0 Å². The maximum absolute atomic E-state index is 13.3. The number of rotatable bonds is 15. The molecule has 2 aromatic heterocycles. The van der Waals surface area contributed by atoms with Gasteiger partial charge in [-0.2, -0.15) is 0 Å². The van der Waals surface area contributed by atoms with Gasteiger partial charge in [0, 0.05) is 53.5 Å². The molecule has 0 amide bonds. The van der Waals surface area contributed by atoms with Gasteiger partial charge in [0.05, 0.1) is 22.2 Å². The molecule has 0 atom stereocenters. The van der Waals surface area contributed by atoms with Crippen LogP contribution >= 0.6 is 22.9 Å². The molecule has 0 spiro atoms. The second-order valence-electron chi connectivity index (χ2n) is 14.4. The lowest BCUT2D eigenvalue weighted by molar-refractivity contribution is -0.117. The molecule has 0 unspecified atom stereocenters. The number of halogens is 1. The van der Waals surface area contributed by atoms with Gasteiger partial charge >= 0.3 is 0 Å². The number of nitrogens with zero attached hydrogens (tertiary/aromatic N) is 3. The lowest BCUT2D eigenvalue weighted by atomic mass is 10.0. The van der Waals surface area contributed by atoms with E-state index in [1.54, 1.807) is 60.1 Å². The minimum atomic E-state index is -3.95. The number of aryl methyl sites for hydroxylation is 3. The van der Waals surface area contributed by atoms with Crippen LogP contribution in [0.5, 0.6) is 0 Å². The van der Waals surface area contributed by atoms with Gasteiger partial charge in [0.2, 0.25) is 0 Å². The lowest BCUT2D eigenvalue weighted by Gasteiger charge is -2.25. The highest BCUT2D eigenvalue weighted by Gasteiger charge is 2.28. The fourth-order valence-corrected chi connectivity index (χ4v) is 9.24. The Hall–Kier alpha value is -5.45. The van der Waals surface area contributed by atoms with Gasteiger partial charge in [-0.15, -0.1) is 11.3 Å². The second-order valence-corrected chi connectivity index (χ2v) is 17.9. The van der Waals surface area contributed by atoms with Crippen LogP contribution in [0, 0.1) is 13.8 Å². The van der Waals surface area contributed by atoms with Crippen LogP contribution in [0.3, 0.4) is 0 Å². The maximum atomic E-state index is 13.3. The lowest BCUT2D eigenvalue weighted by Crippen LogP contribution is -2.36. The van der Waals surface area contributed by atoms with Crippen LogP contribution in [0.2, 0.25) is 5.02 Å². The summed E-state index contributed by atoms with van der Waals surface area (Å²) in [5.41, 5.74) is 6.50. The summed E-state index contributed by atoms with van der Waals surface area (Å²) >= 11 is 8.11. The van der Waals surface area contributed by atoms with Crippen LogP contribution in [0.1, 0.15) is 49.5 Å². The van der Waals surface area contributed by atoms with E-state index in [4.69, 9.17) is 11.6 Å². The second kappa shape index (κ2) is 19.8. The standard InChI is InChI=1S/C26H25NOS.C22H21ClN2O3S/c1-19-14-24-15-22(10-13-26(24)29-19)16-25(28)23-11-8-21(9-12-23)18-27(2)17-20-6-4-3-5-7-20;1-17-7-10-21(23)22(15-17)25(29(27,28)20-5-3-2-4-6-20)16-19(26)9-8-18-11-13-24-14-12-18/h3-15H,16-18H2,1-2H3;2-7,10-15H,8-9,16H2,1H3. The van der Waals surface area contributed by atoms with Gasteiger partial charge in [0.1, 0.15) is 0 Å². The quantitative estimate of drug-likeness (QED) is 0.0957. The molecule has 0 bridgehead atoms. The average Bonchev–Trinajstić information content (AvgIpc) is 3.61. The molecule has 0 aliphatic carbocycles. The fraction of sp³-hybridized carbons (Fsp3) is 0.188. The Balaban J connectivity index is 0.000000196. The number of aromatic nitrogens is 1. The summed E-state index contributed by atoms with van der Waals surface area (Å²) < 4.78 is 29.0. The van der Waals surface area contributed by atoms with E-state index in [0.717, 1.165) is 39.6 Å². The first-order valence-corrected chi connectivity index (χ1v) is 21.7. The number of anilines is 1. The van der Waals surface area contributed by atoms with Crippen LogP contribution in [0.25, 0.3) is 10.1 Å². The Morgan fingerprint density at radius 1 is 0.707 bits per heavy atom. The van der Waals surface area contributed by atoms with Crippen LogP contribution < -0.4 is 4.31 Å². The SMILES string of the molecule is Cc1cc2cc(CC(=O)c3ccc(CN(C)Cc4ccccc4)cc3)ccc2s1.Cc1ccc(Cl)c(N(CC(=O)CCc2ccncc2)S(=O)(=O)c2ccccc2)c1. The Kier molecular flexibility index (Phi) is 14.4. The first-order chi connectivity index (χ1) is 27.9. The molecule has 0 aliphatic rings. The molecular formula is C48H46ClN3O4S2. The van der Waals surface area contributed by atoms with Crippen LogP contribution in [0.15, 0.2) is 157 Å². The molecule has 0 fully saturated rings. The normalized spacial score (nSPS) is 11.3. The third kappa shape index (κ3) is 11.6. The van der Waals surface area contributed by atoms with Crippen molar-refractivity contribution in [3.8, 4) is 0 Å². The maximum Gasteiger partial charge on any atom is 0.264 e. The van der Waals surface area contributed by atoms with Gasteiger partial charge in [0.15, 0.2) is 11.6 Å². The molecule has 58 heavy (non-hydrogen) atoms. The molecule has 7 rings (SSSR count). The van der Waals surface area contributed by atoms with Crippen LogP contribution in [-0.4, -0.2) is 43.5 Å². The number of hydrogen-bond acceptors (Lipinski definition) is 7. The highest BCUT2D eigenvalue weighted by Crippen LogP contribution is 2.32. The Bertz CT molecular complexity index is 2560. The highest BCUT2D eigenvalue weighted by atomic mass is 35.5. The van der Waals surface area contributed by atoms with Gasteiger partial charge in [-0.25, -0.2) is 8.42 Å². The van der Waals surface area contributed by atoms with E-state index in [0.29, 0.717) is 18.5 Å². The monoisotopic (exact) mass is 827 g/mol. The molecule has 10 heteroatoms. The summed E-state index contributed by atoms with van der Waals surface area (Å²) in [5.74, 6) is -0.0283. The summed E-state index contributed by atoms with van der Waals surface area (Å²) in [4.78, 5) is 33.1. The molecule has 7 nitrogen and oxygen atoms in total. The molecule has 7 aromatic rings. The van der Waals surface area contributed by atoms with Crippen molar-refractivity contribution in [1.29, 1.82) is 0 Å². The van der Waals surface area contributed by atoms with Crippen LogP contribution in [-0.2, 0) is 40.7 Å². The van der Waals surface area contributed by atoms with E-state index in [1.165, 1.54) is 38.2 Å². The number of hydrogen-bond donors (Lipinski definition) is 0. The van der Waals surface area contributed by atoms with Crippen molar-refractivity contribution in [2.75, 3.05) is 17.9 Å². The summed E-state index contributed by atoms with van der Waals surface area (Å²) in [7, 11) is -1.83. The Morgan fingerprint density at radius 3 is 2.03 bits per heavy atom. The molecule has 296 valence electrons. The van der Waals surface area contributed by atoms with Crippen molar-refractivity contribution >= 4 is 60.3 Å². The van der Waals surface area contributed by atoms with E-state index in [-0.39, 0.29) is 34.5 Å². The minimum absolute atomic E-state index is 0.111. The minimum Gasteiger partial charge on any atom is -0.298 e. The van der Waals surface area contributed by atoms with Crippen molar-refractivity contribution in [1.82, 2.24) is 9.88 Å². The van der Waals surface area contributed by atoms with Gasteiger partial charge < -0.3 is 0 Å². The summed E-state index contributed by atoms with van der Waals surface area (Å²) in [5, 5.41) is 1.51. The molecule has 2 heterocycles. The number of pyridine rings is 1. The zero-order chi connectivity index (χ0) is 41.1. The molecule has 0 saturated carbocycles. The van der Waals surface area contributed by atoms with E-state index < -0.39 is 10.0 Å². The molecule has 0 radical (unpaired) electrons. The fourth-order valence-electron chi connectivity index (χ4n) is 6.59. The van der Waals surface area contributed by atoms with E-state index in [1.807, 2.05) is 37.3 Å². The zero-order valence-corrected chi connectivity index (χ0v) is 35.2. The first kappa shape index (κ1) is 42.2. The Labute approximate surface area is 350 Å². The van der Waals surface area contributed by atoms with Crippen LogP contribution in [0.4, 0.5) is 5.69 Å². The predicted octanol–water partition coefficient (Wildman–Crippen LogP) is 10.7. The number of fused-ring (bicyclic) bond motifs is 1. The zero-order valence-electron chi connectivity index (χ0n) is 32.8. The van der Waals surface area contributed by atoms with E-state index >= 15 is 0 Å². The topological polar surface area (TPSA) is 87.7 Å². The third-order valence-corrected chi connectivity index (χ3v) is 12.7. The van der Waals surface area contributed by atoms with Gasteiger partial charge in [-0.3, -0.25) is 23.8 Å². The Morgan fingerprint density at radius 2 is 1.34 bits per heavy atom. The number of carbonyl (C=O) groups excluding carboxylic acids is 2. The van der Waals surface area contributed by atoms with Gasteiger partial charge in [-0.1, -0.05) is 96.5 Å². The number of thiophene rings is 1. The summed E-state index contributed by atoms with van der Waals surface area (Å²) in [6.45, 7) is 5.45.